The Morgan fingerprint density at radius 3 is 2.19 bits per heavy atom. The van der Waals surface area contributed by atoms with Gasteiger partial charge in [0.2, 0.25) is 11.5 Å². The van der Waals surface area contributed by atoms with Crippen LogP contribution in [0.25, 0.3) is 0 Å². The van der Waals surface area contributed by atoms with Gasteiger partial charge < -0.3 is 15.7 Å². The molecule has 1 aliphatic heterocycles. The van der Waals surface area contributed by atoms with E-state index in [1.807, 2.05) is 5.32 Å². The van der Waals surface area contributed by atoms with Crippen LogP contribution in [-0.2, 0) is 20.2 Å². The van der Waals surface area contributed by atoms with Gasteiger partial charge in [-0.15, -0.1) is 12.4 Å². The highest BCUT2D eigenvalue weighted by Gasteiger charge is 2.56. The number of carbonyl (C=O) groups excluding carboxylic acids is 1. The molecule has 27 heavy (non-hydrogen) atoms. The van der Waals surface area contributed by atoms with Gasteiger partial charge in [-0.05, 0) is 31.5 Å². The SMILES string of the molecule is CS(=O)(=O)C1(C(=O)NCC(O)(c2ccccc2)C(F)(F)F)CCNCC1.Cl. The number of rotatable bonds is 5. The Morgan fingerprint density at radius 1 is 1.22 bits per heavy atom. The summed E-state index contributed by atoms with van der Waals surface area (Å²) in [6.45, 7) is -0.671. The summed E-state index contributed by atoms with van der Waals surface area (Å²) in [6.07, 6.45) is -4.26. The molecule has 0 saturated carbocycles. The van der Waals surface area contributed by atoms with Crippen molar-refractivity contribution in [2.75, 3.05) is 25.9 Å². The minimum atomic E-state index is -5.06. The van der Waals surface area contributed by atoms with Crippen molar-refractivity contribution in [3.05, 3.63) is 35.9 Å². The summed E-state index contributed by atoms with van der Waals surface area (Å²) in [5, 5.41) is 15.2. The van der Waals surface area contributed by atoms with Crippen molar-refractivity contribution in [2.45, 2.75) is 29.4 Å². The molecule has 1 amide bonds. The smallest absolute Gasteiger partial charge is 0.375 e. The standard InChI is InChI=1S/C16H21F3N2O4S.ClH/c1-26(24,25)14(7-9-20-10-8-14)13(22)21-11-15(23,16(17,18)19)12-5-3-2-4-6-12;/h2-6,20,23H,7-11H2,1H3,(H,21,22);1H. The number of carbonyl (C=O) groups is 1. The van der Waals surface area contributed by atoms with Crippen molar-refractivity contribution in [1.29, 1.82) is 0 Å². The third-order valence-corrected chi connectivity index (χ3v) is 6.77. The Labute approximate surface area is 161 Å². The van der Waals surface area contributed by atoms with Crippen LogP contribution >= 0.6 is 12.4 Å². The van der Waals surface area contributed by atoms with Gasteiger partial charge in [0.25, 0.3) is 0 Å². The molecule has 1 fully saturated rings. The monoisotopic (exact) mass is 430 g/mol. The first-order chi connectivity index (χ1) is 11.9. The van der Waals surface area contributed by atoms with E-state index >= 15 is 0 Å². The number of benzene rings is 1. The summed E-state index contributed by atoms with van der Waals surface area (Å²) in [5.41, 5.74) is -3.76. The maximum atomic E-state index is 13.5. The number of piperidine rings is 1. The van der Waals surface area contributed by atoms with Crippen molar-refractivity contribution < 1.29 is 31.5 Å². The van der Waals surface area contributed by atoms with Crippen LogP contribution in [0.4, 0.5) is 13.2 Å². The molecular formula is C16H22ClF3N2O4S. The van der Waals surface area contributed by atoms with Crippen LogP contribution in [0.1, 0.15) is 18.4 Å². The molecule has 0 bridgehead atoms. The van der Waals surface area contributed by atoms with E-state index in [4.69, 9.17) is 0 Å². The second kappa shape index (κ2) is 8.34. The van der Waals surface area contributed by atoms with Gasteiger partial charge in [0.1, 0.15) is 0 Å². The zero-order chi connectivity index (χ0) is 19.6. The Kier molecular flexibility index (Phi) is 7.31. The van der Waals surface area contributed by atoms with Crippen LogP contribution in [0, 0.1) is 0 Å². The summed E-state index contributed by atoms with van der Waals surface area (Å²) in [7, 11) is -3.87. The van der Waals surface area contributed by atoms with Crippen LogP contribution in [0.15, 0.2) is 30.3 Å². The van der Waals surface area contributed by atoms with E-state index in [0.29, 0.717) is 0 Å². The lowest BCUT2D eigenvalue weighted by atomic mass is 9.91. The van der Waals surface area contributed by atoms with Crippen molar-refractivity contribution >= 4 is 28.2 Å². The lowest BCUT2D eigenvalue weighted by molar-refractivity contribution is -0.264. The first-order valence-electron chi connectivity index (χ1n) is 7.97. The molecule has 1 aliphatic rings. The van der Waals surface area contributed by atoms with Gasteiger partial charge in [0.05, 0.1) is 6.54 Å². The summed E-state index contributed by atoms with van der Waals surface area (Å²) in [5.74, 6) is -1.03. The fraction of sp³-hybridized carbons (Fsp3) is 0.562. The number of sulfone groups is 1. The van der Waals surface area contributed by atoms with Gasteiger partial charge >= 0.3 is 6.18 Å². The Hall–Kier alpha value is -1.36. The lowest BCUT2D eigenvalue weighted by Gasteiger charge is -2.36. The second-order valence-corrected chi connectivity index (χ2v) is 8.75. The molecule has 1 aromatic carbocycles. The number of aliphatic hydroxyl groups is 1. The molecule has 1 atom stereocenters. The molecule has 1 saturated heterocycles. The maximum Gasteiger partial charge on any atom is 0.423 e. The van der Waals surface area contributed by atoms with Crippen LogP contribution in [-0.4, -0.2) is 56.2 Å². The second-order valence-electron chi connectivity index (χ2n) is 6.42. The molecule has 0 radical (unpaired) electrons. The normalized spacial score (nSPS) is 19.4. The molecule has 3 N–H and O–H groups in total. The van der Waals surface area contributed by atoms with E-state index in [9.17, 15) is 31.5 Å². The Bertz CT molecular complexity index is 753. The fourth-order valence-corrected chi connectivity index (χ4v) is 4.40. The van der Waals surface area contributed by atoms with E-state index in [-0.39, 0.29) is 38.3 Å². The van der Waals surface area contributed by atoms with Gasteiger partial charge in [0, 0.05) is 6.26 Å². The van der Waals surface area contributed by atoms with Gasteiger partial charge in [-0.25, -0.2) is 8.42 Å². The summed E-state index contributed by atoms with van der Waals surface area (Å²) < 4.78 is 63.0. The highest BCUT2D eigenvalue weighted by Crippen LogP contribution is 2.38. The molecular weight excluding hydrogens is 409 g/mol. The van der Waals surface area contributed by atoms with Gasteiger partial charge in [-0.1, -0.05) is 30.3 Å². The van der Waals surface area contributed by atoms with Gasteiger partial charge in [0.15, 0.2) is 14.6 Å². The van der Waals surface area contributed by atoms with Crippen molar-refractivity contribution in [3.8, 4) is 0 Å². The number of nitrogens with one attached hydrogen (secondary N) is 2. The number of amides is 1. The highest BCUT2D eigenvalue weighted by atomic mass is 35.5. The molecule has 1 unspecified atom stereocenters. The summed E-state index contributed by atoms with van der Waals surface area (Å²) >= 11 is 0. The van der Waals surface area contributed by atoms with E-state index < -0.39 is 44.4 Å². The van der Waals surface area contributed by atoms with E-state index in [1.165, 1.54) is 18.2 Å². The van der Waals surface area contributed by atoms with Crippen LogP contribution in [0.2, 0.25) is 0 Å². The first-order valence-corrected chi connectivity index (χ1v) is 9.86. The molecule has 0 aromatic heterocycles. The largest absolute Gasteiger partial charge is 0.423 e. The molecule has 11 heteroatoms. The molecule has 0 aliphatic carbocycles. The average molecular weight is 431 g/mol. The quantitative estimate of drug-likeness (QED) is 0.651. The summed E-state index contributed by atoms with van der Waals surface area (Å²) in [6, 6.07) is 6.34. The molecule has 0 spiro atoms. The van der Waals surface area contributed by atoms with Crippen LogP contribution < -0.4 is 10.6 Å². The number of halogens is 4. The molecule has 1 aromatic rings. The molecule has 6 nitrogen and oxygen atoms in total. The third kappa shape index (κ3) is 4.56. The van der Waals surface area contributed by atoms with E-state index in [2.05, 4.69) is 5.32 Å². The summed E-state index contributed by atoms with van der Waals surface area (Å²) in [4.78, 5) is 12.6. The first kappa shape index (κ1) is 23.7. The van der Waals surface area contributed by atoms with Crippen LogP contribution in [0.5, 0.6) is 0 Å². The Morgan fingerprint density at radius 2 is 1.74 bits per heavy atom. The zero-order valence-electron chi connectivity index (χ0n) is 14.5. The average Bonchev–Trinajstić information content (AvgIpc) is 2.58. The van der Waals surface area contributed by atoms with Gasteiger partial charge in [-0.3, -0.25) is 4.79 Å². The predicted octanol–water partition coefficient (Wildman–Crippen LogP) is 1.14. The molecule has 2 rings (SSSR count). The van der Waals surface area contributed by atoms with Crippen LogP contribution in [0.3, 0.4) is 0 Å². The molecule has 154 valence electrons. The predicted molar refractivity (Wildman–Crippen MR) is 96.3 cm³/mol. The zero-order valence-corrected chi connectivity index (χ0v) is 16.2. The van der Waals surface area contributed by atoms with Crippen molar-refractivity contribution in [2.24, 2.45) is 0 Å². The minimum Gasteiger partial charge on any atom is -0.375 e. The van der Waals surface area contributed by atoms with E-state index in [0.717, 1.165) is 18.4 Å². The van der Waals surface area contributed by atoms with Crippen molar-refractivity contribution in [1.82, 2.24) is 10.6 Å². The van der Waals surface area contributed by atoms with Gasteiger partial charge in [-0.2, -0.15) is 13.2 Å². The fourth-order valence-electron chi connectivity index (χ4n) is 3.05. The maximum absolute atomic E-state index is 13.5. The number of hydrogen-bond donors (Lipinski definition) is 3. The highest BCUT2D eigenvalue weighted by molar-refractivity contribution is 7.92. The molecule has 1 heterocycles. The number of hydrogen-bond acceptors (Lipinski definition) is 5. The Balaban J connectivity index is 0.00000364. The minimum absolute atomic E-state index is 0. The topological polar surface area (TPSA) is 95.5 Å². The van der Waals surface area contributed by atoms with E-state index in [1.54, 1.807) is 0 Å². The van der Waals surface area contributed by atoms with Crippen molar-refractivity contribution in [3.63, 3.8) is 0 Å². The third-order valence-electron chi connectivity index (χ3n) is 4.76. The lowest BCUT2D eigenvalue weighted by Crippen LogP contribution is -2.60. The number of alkyl halides is 3.